The number of nitrogens with zero attached hydrogens (tertiary/aromatic N) is 1. The van der Waals surface area contributed by atoms with E-state index in [0.717, 1.165) is 13.1 Å². The molecular weight excluding hydrogens is 324 g/mol. The number of rotatable bonds is 6. The van der Waals surface area contributed by atoms with Crippen molar-refractivity contribution >= 4 is 15.9 Å². The largest absolute Gasteiger partial charge is 0.311 e. The summed E-state index contributed by atoms with van der Waals surface area (Å²) >= 11 is 3.60. The fraction of sp³-hybridized carbons (Fsp3) is 0.667. The standard InChI is InChI=1S/C18H29BrN2/c1-4-8-17-13-21(18(5-2,6-3)14-20-17)12-15-9-7-10-16(19)11-15/h7,9-11,17,20H,4-6,8,12-14H2,1-3H3. The second-order valence-corrected chi connectivity index (χ2v) is 7.22. The molecule has 3 heteroatoms. The molecule has 0 amide bonds. The van der Waals surface area contributed by atoms with Gasteiger partial charge in [-0.15, -0.1) is 0 Å². The van der Waals surface area contributed by atoms with Gasteiger partial charge in [0, 0.05) is 35.7 Å². The van der Waals surface area contributed by atoms with Crippen LogP contribution in [0.1, 0.15) is 52.0 Å². The second-order valence-electron chi connectivity index (χ2n) is 6.31. The molecule has 1 heterocycles. The lowest BCUT2D eigenvalue weighted by Crippen LogP contribution is -2.63. The number of benzene rings is 1. The van der Waals surface area contributed by atoms with Crippen LogP contribution in [0.15, 0.2) is 28.7 Å². The summed E-state index contributed by atoms with van der Waals surface area (Å²) in [6, 6.07) is 9.40. The zero-order valence-corrected chi connectivity index (χ0v) is 15.2. The maximum Gasteiger partial charge on any atom is 0.0333 e. The van der Waals surface area contributed by atoms with Crippen molar-refractivity contribution in [1.82, 2.24) is 10.2 Å². The summed E-state index contributed by atoms with van der Waals surface area (Å²) in [7, 11) is 0. The summed E-state index contributed by atoms with van der Waals surface area (Å²) in [6.45, 7) is 10.3. The van der Waals surface area contributed by atoms with E-state index >= 15 is 0 Å². The van der Waals surface area contributed by atoms with Gasteiger partial charge in [-0.2, -0.15) is 0 Å². The summed E-state index contributed by atoms with van der Waals surface area (Å²) in [5.41, 5.74) is 1.72. The highest BCUT2D eigenvalue weighted by Gasteiger charge is 2.38. The zero-order chi connectivity index (χ0) is 15.3. The van der Waals surface area contributed by atoms with Gasteiger partial charge in [-0.25, -0.2) is 0 Å². The molecule has 0 spiro atoms. The molecule has 1 atom stereocenters. The van der Waals surface area contributed by atoms with Crippen molar-refractivity contribution < 1.29 is 0 Å². The van der Waals surface area contributed by atoms with Gasteiger partial charge < -0.3 is 5.32 Å². The topological polar surface area (TPSA) is 15.3 Å². The van der Waals surface area contributed by atoms with E-state index in [1.54, 1.807) is 0 Å². The third-order valence-electron chi connectivity index (χ3n) is 5.05. The van der Waals surface area contributed by atoms with Gasteiger partial charge in [-0.3, -0.25) is 4.90 Å². The second kappa shape index (κ2) is 7.75. The van der Waals surface area contributed by atoms with Gasteiger partial charge in [-0.1, -0.05) is 55.3 Å². The molecular formula is C18H29BrN2. The van der Waals surface area contributed by atoms with Crippen molar-refractivity contribution in [3.8, 4) is 0 Å². The smallest absolute Gasteiger partial charge is 0.0333 e. The molecule has 0 saturated carbocycles. The summed E-state index contributed by atoms with van der Waals surface area (Å²) in [4.78, 5) is 2.73. The van der Waals surface area contributed by atoms with E-state index in [4.69, 9.17) is 0 Å². The van der Waals surface area contributed by atoms with Crippen LogP contribution in [0.3, 0.4) is 0 Å². The molecule has 0 aliphatic carbocycles. The van der Waals surface area contributed by atoms with E-state index in [0.29, 0.717) is 11.6 Å². The zero-order valence-electron chi connectivity index (χ0n) is 13.7. The summed E-state index contributed by atoms with van der Waals surface area (Å²) in [6.07, 6.45) is 4.96. The van der Waals surface area contributed by atoms with Crippen LogP contribution < -0.4 is 5.32 Å². The number of nitrogens with one attached hydrogen (secondary N) is 1. The lowest BCUT2D eigenvalue weighted by Gasteiger charge is -2.50. The Hall–Kier alpha value is -0.380. The minimum Gasteiger partial charge on any atom is -0.311 e. The average molecular weight is 353 g/mol. The van der Waals surface area contributed by atoms with Gasteiger partial charge >= 0.3 is 0 Å². The summed E-state index contributed by atoms with van der Waals surface area (Å²) in [5.74, 6) is 0. The van der Waals surface area contributed by atoms with E-state index in [9.17, 15) is 0 Å². The molecule has 118 valence electrons. The van der Waals surface area contributed by atoms with Crippen LogP contribution in [-0.2, 0) is 6.54 Å². The number of halogens is 1. The van der Waals surface area contributed by atoms with Crippen LogP contribution in [0.25, 0.3) is 0 Å². The quantitative estimate of drug-likeness (QED) is 0.805. The fourth-order valence-corrected chi connectivity index (χ4v) is 3.99. The first-order valence-electron chi connectivity index (χ1n) is 8.36. The Balaban J connectivity index is 2.16. The van der Waals surface area contributed by atoms with Crippen molar-refractivity contribution in [3.63, 3.8) is 0 Å². The number of hydrogen-bond acceptors (Lipinski definition) is 2. The molecule has 1 aromatic rings. The van der Waals surface area contributed by atoms with Crippen molar-refractivity contribution in [2.24, 2.45) is 0 Å². The predicted octanol–water partition coefficient (Wildman–Crippen LogP) is 4.58. The molecule has 1 fully saturated rings. The van der Waals surface area contributed by atoms with E-state index < -0.39 is 0 Å². The molecule has 1 aliphatic heterocycles. The SMILES string of the molecule is CCCC1CN(Cc2cccc(Br)c2)C(CC)(CC)CN1. The van der Waals surface area contributed by atoms with Gasteiger partial charge in [0.25, 0.3) is 0 Å². The molecule has 1 aliphatic rings. The Morgan fingerprint density at radius 3 is 2.67 bits per heavy atom. The fourth-order valence-electron chi connectivity index (χ4n) is 3.55. The van der Waals surface area contributed by atoms with Crippen LogP contribution in [0.5, 0.6) is 0 Å². The minimum absolute atomic E-state index is 0.312. The van der Waals surface area contributed by atoms with E-state index in [2.05, 4.69) is 71.2 Å². The van der Waals surface area contributed by atoms with Crippen molar-refractivity contribution in [1.29, 1.82) is 0 Å². The van der Waals surface area contributed by atoms with Crippen LogP contribution in [-0.4, -0.2) is 29.6 Å². The first-order valence-corrected chi connectivity index (χ1v) is 9.15. The third kappa shape index (κ3) is 4.08. The molecule has 0 radical (unpaired) electrons. The van der Waals surface area contributed by atoms with Gasteiger partial charge in [-0.05, 0) is 37.0 Å². The van der Waals surface area contributed by atoms with Gasteiger partial charge in [0.05, 0.1) is 0 Å². The Morgan fingerprint density at radius 1 is 1.29 bits per heavy atom. The Bertz CT molecular complexity index is 443. The molecule has 0 bridgehead atoms. The lowest BCUT2D eigenvalue weighted by atomic mass is 9.86. The highest BCUT2D eigenvalue weighted by Crippen LogP contribution is 2.30. The Labute approximate surface area is 138 Å². The minimum atomic E-state index is 0.312. The van der Waals surface area contributed by atoms with Gasteiger partial charge in [0.2, 0.25) is 0 Å². The molecule has 0 aromatic heterocycles. The van der Waals surface area contributed by atoms with Gasteiger partial charge in [0.15, 0.2) is 0 Å². The van der Waals surface area contributed by atoms with Crippen molar-refractivity contribution in [2.45, 2.75) is 64.6 Å². The van der Waals surface area contributed by atoms with Crippen LogP contribution in [0, 0.1) is 0 Å². The molecule has 2 nitrogen and oxygen atoms in total. The molecule has 1 N–H and O–H groups in total. The highest BCUT2D eigenvalue weighted by atomic mass is 79.9. The molecule has 2 rings (SSSR count). The number of piperazine rings is 1. The number of hydrogen-bond donors (Lipinski definition) is 1. The average Bonchev–Trinajstić information content (AvgIpc) is 2.49. The van der Waals surface area contributed by atoms with Crippen LogP contribution in [0.2, 0.25) is 0 Å². The van der Waals surface area contributed by atoms with Gasteiger partial charge in [0.1, 0.15) is 0 Å². The first kappa shape index (κ1) is 17.0. The van der Waals surface area contributed by atoms with E-state index in [1.165, 1.54) is 42.3 Å². The Morgan fingerprint density at radius 2 is 2.05 bits per heavy atom. The van der Waals surface area contributed by atoms with E-state index in [1.807, 2.05) is 0 Å². The lowest BCUT2D eigenvalue weighted by molar-refractivity contribution is 0.0227. The molecule has 1 unspecified atom stereocenters. The summed E-state index contributed by atoms with van der Waals surface area (Å²) in [5, 5.41) is 3.79. The third-order valence-corrected chi connectivity index (χ3v) is 5.54. The molecule has 1 saturated heterocycles. The summed E-state index contributed by atoms with van der Waals surface area (Å²) < 4.78 is 1.18. The van der Waals surface area contributed by atoms with Crippen molar-refractivity contribution in [3.05, 3.63) is 34.3 Å². The maximum absolute atomic E-state index is 3.79. The predicted molar refractivity (Wildman–Crippen MR) is 94.6 cm³/mol. The van der Waals surface area contributed by atoms with Crippen LogP contribution >= 0.6 is 15.9 Å². The van der Waals surface area contributed by atoms with E-state index in [-0.39, 0.29) is 0 Å². The molecule has 1 aromatic carbocycles. The highest BCUT2D eigenvalue weighted by molar-refractivity contribution is 9.10. The monoisotopic (exact) mass is 352 g/mol. The molecule has 21 heavy (non-hydrogen) atoms. The Kier molecular flexibility index (Phi) is 6.27. The first-order chi connectivity index (χ1) is 10.1. The normalized spacial score (nSPS) is 22.4. The van der Waals surface area contributed by atoms with Crippen LogP contribution in [0.4, 0.5) is 0 Å². The maximum atomic E-state index is 3.79. The van der Waals surface area contributed by atoms with Crippen molar-refractivity contribution in [2.75, 3.05) is 13.1 Å².